The lowest BCUT2D eigenvalue weighted by atomic mass is 10.5. The minimum atomic E-state index is -1.21. The van der Waals surface area contributed by atoms with Crippen LogP contribution in [-0.4, -0.2) is 16.3 Å². The molecule has 0 unspecified atom stereocenters. The second-order valence-electron chi connectivity index (χ2n) is 1.16. The molecule has 2 N–H and O–H groups in total. The van der Waals surface area contributed by atoms with E-state index in [1.807, 2.05) is 0 Å². The van der Waals surface area contributed by atoms with Crippen molar-refractivity contribution in [3.63, 3.8) is 0 Å². The SMILES string of the molecule is CC=C=C(O)C(=O)OO. The Morgan fingerprint density at radius 2 is 2.33 bits per heavy atom. The third-order valence-corrected chi connectivity index (χ3v) is 0.557. The van der Waals surface area contributed by atoms with Crippen LogP contribution in [0.4, 0.5) is 0 Å². The van der Waals surface area contributed by atoms with E-state index in [2.05, 4.69) is 10.6 Å². The molecule has 4 nitrogen and oxygen atoms in total. The standard InChI is InChI=1S/C5H6O4/c1-2-3-4(6)5(7)9-8/h2,6,8H,1H3. The summed E-state index contributed by atoms with van der Waals surface area (Å²) in [5.41, 5.74) is 2.11. The molecule has 0 aliphatic rings. The van der Waals surface area contributed by atoms with E-state index in [0.29, 0.717) is 0 Å². The Morgan fingerprint density at radius 1 is 1.78 bits per heavy atom. The van der Waals surface area contributed by atoms with Crippen LogP contribution < -0.4 is 0 Å². The molecule has 0 aromatic carbocycles. The van der Waals surface area contributed by atoms with Gasteiger partial charge in [-0.05, 0) is 13.0 Å². The van der Waals surface area contributed by atoms with Gasteiger partial charge in [-0.15, -0.1) is 0 Å². The zero-order valence-corrected chi connectivity index (χ0v) is 4.79. The molecule has 0 fully saturated rings. The van der Waals surface area contributed by atoms with Gasteiger partial charge in [-0.3, -0.25) is 4.89 Å². The topological polar surface area (TPSA) is 66.8 Å². The van der Waals surface area contributed by atoms with Crippen molar-refractivity contribution < 1.29 is 20.0 Å². The monoisotopic (exact) mass is 130 g/mol. The molecule has 0 saturated carbocycles. The summed E-state index contributed by atoms with van der Waals surface area (Å²) in [6.45, 7) is 1.56. The predicted octanol–water partition coefficient (Wildman–Crippen LogP) is 0.619. The predicted molar refractivity (Wildman–Crippen MR) is 28.6 cm³/mol. The van der Waals surface area contributed by atoms with Crippen molar-refractivity contribution in [2.45, 2.75) is 6.92 Å². The molecule has 0 rings (SSSR count). The van der Waals surface area contributed by atoms with Crippen molar-refractivity contribution in [2.24, 2.45) is 0 Å². The lowest BCUT2D eigenvalue weighted by molar-refractivity contribution is -0.232. The van der Waals surface area contributed by atoms with Gasteiger partial charge in [0.1, 0.15) is 0 Å². The molecule has 0 aromatic heterocycles. The van der Waals surface area contributed by atoms with Crippen molar-refractivity contribution in [2.75, 3.05) is 0 Å². The van der Waals surface area contributed by atoms with Crippen LogP contribution >= 0.6 is 0 Å². The highest BCUT2D eigenvalue weighted by molar-refractivity contribution is 5.84. The number of hydrogen-bond donors (Lipinski definition) is 2. The van der Waals surface area contributed by atoms with Gasteiger partial charge >= 0.3 is 5.97 Å². The minimum absolute atomic E-state index is 0.750. The molecule has 0 saturated heterocycles. The largest absolute Gasteiger partial charge is 0.496 e. The molecular formula is C5H6O4. The summed E-state index contributed by atoms with van der Waals surface area (Å²) in [5.74, 6) is -1.96. The highest BCUT2D eigenvalue weighted by Gasteiger charge is 2.05. The summed E-state index contributed by atoms with van der Waals surface area (Å²) in [5, 5.41) is 16.1. The van der Waals surface area contributed by atoms with Gasteiger partial charge in [-0.2, -0.15) is 5.26 Å². The second kappa shape index (κ2) is 3.72. The third-order valence-electron chi connectivity index (χ3n) is 0.557. The Kier molecular flexibility index (Phi) is 3.20. The molecule has 0 heterocycles. The average Bonchev–Trinajstić information content (AvgIpc) is 1.87. The van der Waals surface area contributed by atoms with Crippen molar-refractivity contribution in [1.29, 1.82) is 0 Å². The first-order chi connectivity index (χ1) is 4.22. The van der Waals surface area contributed by atoms with Crippen LogP contribution in [0, 0.1) is 0 Å². The van der Waals surface area contributed by atoms with Crippen molar-refractivity contribution in [1.82, 2.24) is 0 Å². The maximum Gasteiger partial charge on any atom is 0.415 e. The van der Waals surface area contributed by atoms with Crippen LogP contribution in [-0.2, 0) is 9.68 Å². The van der Waals surface area contributed by atoms with E-state index >= 15 is 0 Å². The second-order valence-corrected chi connectivity index (χ2v) is 1.16. The molecule has 0 spiro atoms. The maximum atomic E-state index is 10.1. The van der Waals surface area contributed by atoms with Gasteiger partial charge in [0.25, 0.3) is 0 Å². The molecule has 0 aliphatic heterocycles. The van der Waals surface area contributed by atoms with E-state index in [1.54, 1.807) is 6.92 Å². The molecule has 0 bridgehead atoms. The van der Waals surface area contributed by atoms with E-state index in [-0.39, 0.29) is 0 Å². The molecule has 0 atom stereocenters. The van der Waals surface area contributed by atoms with Gasteiger partial charge in [0.15, 0.2) is 0 Å². The molecule has 0 aromatic rings. The molecule has 0 amide bonds. The number of rotatable bonds is 1. The van der Waals surface area contributed by atoms with Crippen LogP contribution in [0.2, 0.25) is 0 Å². The minimum Gasteiger partial charge on any atom is -0.496 e. The summed E-state index contributed by atoms with van der Waals surface area (Å²) >= 11 is 0. The van der Waals surface area contributed by atoms with E-state index in [4.69, 9.17) is 10.4 Å². The first kappa shape index (κ1) is 7.75. The molecule has 4 heteroatoms. The lowest BCUT2D eigenvalue weighted by Crippen LogP contribution is -2.02. The van der Waals surface area contributed by atoms with Crippen LogP contribution in [0.25, 0.3) is 0 Å². The fraction of sp³-hybridized carbons (Fsp3) is 0.200. The maximum absolute atomic E-state index is 10.1. The van der Waals surface area contributed by atoms with Crippen LogP contribution in [0.1, 0.15) is 6.92 Å². The third kappa shape index (κ3) is 2.54. The normalized spacial score (nSPS) is 7.33. The Labute approximate surface area is 51.6 Å². The Balaban J connectivity index is 4.21. The zero-order valence-electron chi connectivity index (χ0n) is 4.79. The highest BCUT2D eigenvalue weighted by Crippen LogP contribution is 1.86. The van der Waals surface area contributed by atoms with Crippen molar-refractivity contribution in [3.8, 4) is 0 Å². The Bertz CT molecular complexity index is 164. The fourth-order valence-electron chi connectivity index (χ4n) is 0.239. The van der Waals surface area contributed by atoms with Gasteiger partial charge in [0.2, 0.25) is 5.76 Å². The van der Waals surface area contributed by atoms with Crippen molar-refractivity contribution >= 4 is 5.97 Å². The van der Waals surface area contributed by atoms with Crippen LogP contribution in [0.3, 0.4) is 0 Å². The van der Waals surface area contributed by atoms with Gasteiger partial charge in [-0.25, -0.2) is 4.79 Å². The summed E-state index contributed by atoms with van der Waals surface area (Å²) in [7, 11) is 0. The summed E-state index contributed by atoms with van der Waals surface area (Å²) in [6, 6.07) is 0. The van der Waals surface area contributed by atoms with E-state index in [9.17, 15) is 4.79 Å². The zero-order chi connectivity index (χ0) is 7.28. The lowest BCUT2D eigenvalue weighted by Gasteiger charge is -1.87. The van der Waals surface area contributed by atoms with E-state index in [0.717, 1.165) is 0 Å². The Hall–Kier alpha value is -1.25. The van der Waals surface area contributed by atoms with Gasteiger partial charge in [0, 0.05) is 0 Å². The van der Waals surface area contributed by atoms with Crippen LogP contribution in [0.5, 0.6) is 0 Å². The highest BCUT2D eigenvalue weighted by atomic mass is 17.1. The summed E-state index contributed by atoms with van der Waals surface area (Å²) < 4.78 is 0. The molecule has 50 valence electrons. The molecule has 0 aliphatic carbocycles. The van der Waals surface area contributed by atoms with E-state index < -0.39 is 11.7 Å². The average molecular weight is 130 g/mol. The van der Waals surface area contributed by atoms with Crippen molar-refractivity contribution in [3.05, 3.63) is 17.6 Å². The molecular weight excluding hydrogens is 124 g/mol. The van der Waals surface area contributed by atoms with Gasteiger partial charge in [0.05, 0.1) is 0 Å². The smallest absolute Gasteiger partial charge is 0.415 e. The quantitative estimate of drug-likeness (QED) is 0.179. The summed E-state index contributed by atoms with van der Waals surface area (Å²) in [4.78, 5) is 13.2. The fourth-order valence-corrected chi connectivity index (χ4v) is 0.239. The number of aliphatic hydroxyl groups is 1. The molecule has 9 heavy (non-hydrogen) atoms. The summed E-state index contributed by atoms with van der Waals surface area (Å²) in [6.07, 6.45) is 1.31. The number of carbonyl (C=O) groups is 1. The molecule has 0 radical (unpaired) electrons. The van der Waals surface area contributed by atoms with Gasteiger partial charge in [-0.1, -0.05) is 5.73 Å². The first-order valence-electron chi connectivity index (χ1n) is 2.18. The number of aliphatic hydroxyl groups excluding tert-OH is 1. The number of carbonyl (C=O) groups excluding carboxylic acids is 1. The van der Waals surface area contributed by atoms with Crippen LogP contribution in [0.15, 0.2) is 17.6 Å². The Morgan fingerprint density at radius 3 is 2.67 bits per heavy atom. The van der Waals surface area contributed by atoms with Gasteiger partial charge < -0.3 is 5.11 Å². The first-order valence-corrected chi connectivity index (χ1v) is 2.18. The van der Waals surface area contributed by atoms with E-state index in [1.165, 1.54) is 6.08 Å². The number of hydrogen-bond acceptors (Lipinski definition) is 4.